The first kappa shape index (κ1) is 13.3. The molecular weight excluding hydrogens is 246 g/mol. The van der Waals surface area contributed by atoms with Gasteiger partial charge in [-0.25, -0.2) is 0 Å². The molecule has 3 rings (SSSR count). The average Bonchev–Trinajstić information content (AvgIpc) is 2.53. The van der Waals surface area contributed by atoms with Gasteiger partial charge in [-0.1, -0.05) is 49.6 Å². The molecule has 1 N–H and O–H groups in total. The summed E-state index contributed by atoms with van der Waals surface area (Å²) < 4.78 is 0. The van der Waals surface area contributed by atoms with Gasteiger partial charge in [0.25, 0.3) is 0 Å². The van der Waals surface area contributed by atoms with Gasteiger partial charge in [0.1, 0.15) is 0 Å². The first-order valence-electron chi connectivity index (χ1n) is 7.52. The van der Waals surface area contributed by atoms with E-state index in [4.69, 9.17) is 0 Å². The third-order valence-electron chi connectivity index (χ3n) is 4.35. The van der Waals surface area contributed by atoms with Crippen LogP contribution in [0.25, 0.3) is 16.8 Å². The Kier molecular flexibility index (Phi) is 4.12. The Morgan fingerprint density at radius 3 is 2.75 bits per heavy atom. The quantitative estimate of drug-likeness (QED) is 0.904. The van der Waals surface area contributed by atoms with Crippen LogP contribution in [0.2, 0.25) is 0 Å². The Bertz CT molecular complexity index is 606. The molecule has 1 aliphatic carbocycles. The second-order valence-corrected chi connectivity index (χ2v) is 5.66. The Morgan fingerprint density at radius 1 is 1.15 bits per heavy atom. The number of pyridine rings is 1. The highest BCUT2D eigenvalue weighted by Crippen LogP contribution is 2.31. The number of aliphatic hydroxyl groups excluding tert-OH is 1. The standard InChI is InChI=1S/C18H21NO/c20-13-17(14-6-2-1-3-7-14)10-16-12-19-11-15-8-4-5-9-18(15)16/h4-5,8-12,14,20H,1-3,6-7,13H2/b17-10-. The van der Waals surface area contributed by atoms with E-state index in [1.165, 1.54) is 43.1 Å². The highest BCUT2D eigenvalue weighted by molar-refractivity contribution is 5.89. The van der Waals surface area contributed by atoms with Crippen molar-refractivity contribution in [3.05, 3.63) is 47.8 Å². The monoisotopic (exact) mass is 267 g/mol. The number of benzene rings is 1. The average molecular weight is 267 g/mol. The molecule has 2 heteroatoms. The predicted molar refractivity (Wildman–Crippen MR) is 83.4 cm³/mol. The van der Waals surface area contributed by atoms with Crippen molar-refractivity contribution < 1.29 is 5.11 Å². The van der Waals surface area contributed by atoms with Crippen molar-refractivity contribution >= 4 is 16.8 Å². The SMILES string of the molecule is OC/C(=C/c1cncc2ccccc12)C1CCCCC1. The van der Waals surface area contributed by atoms with Crippen LogP contribution in [-0.4, -0.2) is 16.7 Å². The summed E-state index contributed by atoms with van der Waals surface area (Å²) in [4.78, 5) is 4.32. The van der Waals surface area contributed by atoms with Crippen LogP contribution in [0.1, 0.15) is 37.7 Å². The molecule has 104 valence electrons. The molecule has 0 radical (unpaired) electrons. The molecule has 0 saturated heterocycles. The van der Waals surface area contributed by atoms with Gasteiger partial charge in [-0.15, -0.1) is 0 Å². The first-order chi connectivity index (χ1) is 9.88. The van der Waals surface area contributed by atoms with Gasteiger partial charge in [-0.2, -0.15) is 0 Å². The molecule has 0 unspecified atom stereocenters. The molecule has 0 atom stereocenters. The van der Waals surface area contributed by atoms with Crippen LogP contribution in [-0.2, 0) is 0 Å². The summed E-state index contributed by atoms with van der Waals surface area (Å²) in [6.45, 7) is 0.161. The molecule has 2 aromatic rings. The van der Waals surface area contributed by atoms with Crippen molar-refractivity contribution in [2.45, 2.75) is 32.1 Å². The fourth-order valence-electron chi connectivity index (χ4n) is 3.22. The summed E-state index contributed by atoms with van der Waals surface area (Å²) in [5, 5.41) is 12.1. The molecule has 0 aliphatic heterocycles. The number of nitrogens with zero attached hydrogens (tertiary/aromatic N) is 1. The second kappa shape index (κ2) is 6.19. The van der Waals surface area contributed by atoms with Crippen molar-refractivity contribution in [3.63, 3.8) is 0 Å². The minimum absolute atomic E-state index is 0.161. The van der Waals surface area contributed by atoms with Gasteiger partial charge >= 0.3 is 0 Å². The molecule has 1 heterocycles. The van der Waals surface area contributed by atoms with Crippen molar-refractivity contribution in [1.82, 2.24) is 4.98 Å². The summed E-state index contributed by atoms with van der Waals surface area (Å²) >= 11 is 0. The maximum absolute atomic E-state index is 9.72. The molecule has 1 saturated carbocycles. The van der Waals surface area contributed by atoms with Crippen LogP contribution in [0.4, 0.5) is 0 Å². The Hall–Kier alpha value is -1.67. The molecule has 1 aromatic carbocycles. The Labute approximate surface area is 120 Å². The lowest BCUT2D eigenvalue weighted by Crippen LogP contribution is -2.11. The van der Waals surface area contributed by atoms with Gasteiger partial charge < -0.3 is 5.11 Å². The number of aromatic nitrogens is 1. The van der Waals surface area contributed by atoms with E-state index in [0.29, 0.717) is 5.92 Å². The fraction of sp³-hybridized carbons (Fsp3) is 0.389. The molecule has 1 fully saturated rings. The van der Waals surface area contributed by atoms with E-state index >= 15 is 0 Å². The van der Waals surface area contributed by atoms with Gasteiger partial charge in [-0.3, -0.25) is 4.98 Å². The maximum Gasteiger partial charge on any atom is 0.0647 e. The molecule has 0 amide bonds. The molecule has 0 spiro atoms. The van der Waals surface area contributed by atoms with E-state index in [2.05, 4.69) is 29.3 Å². The number of hydrogen-bond acceptors (Lipinski definition) is 2. The van der Waals surface area contributed by atoms with Crippen LogP contribution in [0.5, 0.6) is 0 Å². The van der Waals surface area contributed by atoms with Crippen molar-refractivity contribution in [1.29, 1.82) is 0 Å². The minimum atomic E-state index is 0.161. The maximum atomic E-state index is 9.72. The van der Waals surface area contributed by atoms with Crippen molar-refractivity contribution in [3.8, 4) is 0 Å². The first-order valence-corrected chi connectivity index (χ1v) is 7.52. The fourth-order valence-corrected chi connectivity index (χ4v) is 3.22. The van der Waals surface area contributed by atoms with Gasteiger partial charge in [0.05, 0.1) is 6.61 Å². The van der Waals surface area contributed by atoms with Crippen LogP contribution in [0, 0.1) is 5.92 Å². The predicted octanol–water partition coefficient (Wildman–Crippen LogP) is 4.19. The summed E-state index contributed by atoms with van der Waals surface area (Å²) in [5.41, 5.74) is 2.29. The normalized spacial score (nSPS) is 17.6. The summed E-state index contributed by atoms with van der Waals surface area (Å²) in [5.74, 6) is 0.549. The number of aliphatic hydroxyl groups is 1. The zero-order valence-corrected chi connectivity index (χ0v) is 11.8. The van der Waals surface area contributed by atoms with E-state index in [-0.39, 0.29) is 6.61 Å². The molecular formula is C18H21NO. The Balaban J connectivity index is 1.98. The summed E-state index contributed by atoms with van der Waals surface area (Å²) in [7, 11) is 0. The number of fused-ring (bicyclic) bond motifs is 1. The lowest BCUT2D eigenvalue weighted by atomic mass is 9.83. The highest BCUT2D eigenvalue weighted by atomic mass is 16.3. The van der Waals surface area contributed by atoms with E-state index in [0.717, 1.165) is 10.9 Å². The number of hydrogen-bond donors (Lipinski definition) is 1. The van der Waals surface area contributed by atoms with Crippen LogP contribution in [0.3, 0.4) is 0 Å². The third kappa shape index (κ3) is 2.75. The molecule has 2 nitrogen and oxygen atoms in total. The smallest absolute Gasteiger partial charge is 0.0647 e. The van der Waals surface area contributed by atoms with Gasteiger partial charge in [0.2, 0.25) is 0 Å². The largest absolute Gasteiger partial charge is 0.392 e. The topological polar surface area (TPSA) is 33.1 Å². The molecule has 1 aliphatic rings. The van der Waals surface area contributed by atoms with Gasteiger partial charge in [-0.05, 0) is 29.7 Å². The van der Waals surface area contributed by atoms with E-state index < -0.39 is 0 Å². The second-order valence-electron chi connectivity index (χ2n) is 5.66. The lowest BCUT2D eigenvalue weighted by Gasteiger charge is -2.23. The highest BCUT2D eigenvalue weighted by Gasteiger charge is 2.17. The molecule has 1 aromatic heterocycles. The summed E-state index contributed by atoms with van der Waals surface area (Å²) in [6.07, 6.45) is 12.3. The van der Waals surface area contributed by atoms with Crippen LogP contribution in [0.15, 0.2) is 42.2 Å². The minimum Gasteiger partial charge on any atom is -0.392 e. The molecule has 20 heavy (non-hydrogen) atoms. The zero-order valence-electron chi connectivity index (χ0n) is 11.8. The Morgan fingerprint density at radius 2 is 1.95 bits per heavy atom. The summed E-state index contributed by atoms with van der Waals surface area (Å²) in [6, 6.07) is 8.29. The third-order valence-corrected chi connectivity index (χ3v) is 4.35. The van der Waals surface area contributed by atoms with Crippen LogP contribution >= 0.6 is 0 Å². The van der Waals surface area contributed by atoms with Crippen molar-refractivity contribution in [2.75, 3.05) is 6.61 Å². The van der Waals surface area contributed by atoms with E-state index in [1.807, 2.05) is 18.5 Å². The van der Waals surface area contributed by atoms with Gasteiger partial charge in [0.15, 0.2) is 0 Å². The number of rotatable bonds is 3. The van der Waals surface area contributed by atoms with E-state index in [1.54, 1.807) is 0 Å². The lowest BCUT2D eigenvalue weighted by molar-refractivity contribution is 0.295. The van der Waals surface area contributed by atoms with E-state index in [9.17, 15) is 5.11 Å². The van der Waals surface area contributed by atoms with Gasteiger partial charge in [0, 0.05) is 23.3 Å². The van der Waals surface area contributed by atoms with Crippen molar-refractivity contribution in [2.24, 2.45) is 5.92 Å². The zero-order chi connectivity index (χ0) is 13.8. The molecule has 0 bridgehead atoms. The van der Waals surface area contributed by atoms with Crippen LogP contribution < -0.4 is 0 Å².